The number of furan rings is 1. The summed E-state index contributed by atoms with van der Waals surface area (Å²) in [6, 6.07) is 70.9. The van der Waals surface area contributed by atoms with Gasteiger partial charge in [-0.15, -0.1) is 0 Å². The quantitative estimate of drug-likeness (QED) is 0.0525. The number of carbonyl (C=O) groups excluding carboxylic acids is 1. The van der Waals surface area contributed by atoms with Gasteiger partial charge in [-0.05, 0) is 110 Å². The highest BCUT2D eigenvalue weighted by molar-refractivity contribution is 6.42. The predicted octanol–water partition coefficient (Wildman–Crippen LogP) is 22.8. The summed E-state index contributed by atoms with van der Waals surface area (Å²) in [6.45, 7) is 3.41. The third kappa shape index (κ3) is 18.2. The number of nitrogens with zero attached hydrogens (tertiary/aromatic N) is 16. The molecule has 12 heterocycles. The molecule has 0 atom stereocenters. The summed E-state index contributed by atoms with van der Waals surface area (Å²) < 4.78 is 41.8. The summed E-state index contributed by atoms with van der Waals surface area (Å²) in [5.74, 6) is 3.56. The number of aryl methyl sites for hydroxylation is 1. The fourth-order valence-corrected chi connectivity index (χ4v) is 13.5. The number of amides is 1. The zero-order valence-corrected chi connectivity index (χ0v) is 66.4. The van der Waals surface area contributed by atoms with Crippen LogP contribution in [0.4, 0.5) is 72.1 Å². The Kier molecular flexibility index (Phi) is 23.8. The van der Waals surface area contributed by atoms with Crippen molar-refractivity contribution in [3.63, 3.8) is 0 Å². The molecule has 0 aliphatic heterocycles. The molecule has 0 bridgehead atoms. The summed E-state index contributed by atoms with van der Waals surface area (Å²) in [4.78, 5) is 59.8. The van der Waals surface area contributed by atoms with Gasteiger partial charge in [0.15, 0.2) is 45.6 Å². The first-order chi connectivity index (χ1) is 58.7. The molecule has 20 aromatic rings. The number of anilines is 11. The second kappa shape index (κ2) is 36.3. The number of hydrogen-bond donors (Lipinski definition) is 6. The van der Waals surface area contributed by atoms with Crippen LogP contribution in [0.1, 0.15) is 12.6 Å². The number of halogens is 6. The molecule has 20 rings (SSSR count). The van der Waals surface area contributed by atoms with Crippen LogP contribution in [0.5, 0.6) is 0 Å². The number of benzene rings is 8. The maximum atomic E-state index is 13.5. The van der Waals surface area contributed by atoms with E-state index in [-0.39, 0.29) is 5.91 Å². The SMILES string of the molecule is CC(=O)Nc1ccc(-c2nc3c(C)nccn3c2Nc2cccc(Cl)c2)cc1.Clc1ccc(Nc2c(-c3ccccc3)nc3cnccn23)cc1Cl.Clc1cccc(Nc2c(-c3ccco3)nc3cnccn23)c1.Fc1ccc(Nc2c(-c3ccccc3)nc3cnccn23)cc1F.c1ccc(-c2nc3cnccn3c2Nc2ccccn2)cc1. The highest BCUT2D eigenvalue weighted by Crippen LogP contribution is 2.39. The molecule has 0 fully saturated rings. The molecule has 1 amide bonds. The molecule has 0 aliphatic rings. The highest BCUT2D eigenvalue weighted by atomic mass is 35.5. The van der Waals surface area contributed by atoms with Crippen LogP contribution in [-0.2, 0) is 4.79 Å². The Morgan fingerprint density at radius 2 is 0.783 bits per heavy atom. The van der Waals surface area contributed by atoms with Crippen LogP contribution < -0.4 is 31.9 Å². The maximum absolute atomic E-state index is 13.5. The van der Waals surface area contributed by atoms with Gasteiger partial charge in [-0.25, -0.2) is 38.7 Å². The second-order valence-corrected chi connectivity index (χ2v) is 28.1. The molecule has 120 heavy (non-hydrogen) atoms. The molecule has 590 valence electrons. The summed E-state index contributed by atoms with van der Waals surface area (Å²) in [6.07, 6.45) is 28.0. The van der Waals surface area contributed by atoms with Gasteiger partial charge in [0, 0.05) is 142 Å². The number of nitrogens with one attached hydrogen (secondary N) is 6. The normalized spacial score (nSPS) is 10.9. The van der Waals surface area contributed by atoms with E-state index in [2.05, 4.69) is 76.8 Å². The summed E-state index contributed by atoms with van der Waals surface area (Å²) in [7, 11) is 0. The molecular formula is C90H66Cl4F2N22O2. The van der Waals surface area contributed by atoms with Crippen LogP contribution in [0, 0.1) is 18.6 Å². The van der Waals surface area contributed by atoms with E-state index >= 15 is 0 Å². The van der Waals surface area contributed by atoms with E-state index in [1.54, 1.807) is 86.6 Å². The van der Waals surface area contributed by atoms with Crippen molar-refractivity contribution >= 4 is 144 Å². The molecular weight excluding hydrogens is 1600 g/mol. The van der Waals surface area contributed by atoms with Gasteiger partial charge in [-0.3, -0.25) is 51.7 Å². The van der Waals surface area contributed by atoms with Crippen LogP contribution in [0.15, 0.2) is 334 Å². The van der Waals surface area contributed by atoms with Crippen molar-refractivity contribution in [1.82, 2.24) is 76.8 Å². The Balaban J connectivity index is 0.000000112. The Morgan fingerprint density at radius 1 is 0.358 bits per heavy atom. The summed E-state index contributed by atoms with van der Waals surface area (Å²) >= 11 is 24.3. The number of pyridine rings is 1. The minimum absolute atomic E-state index is 0.106. The summed E-state index contributed by atoms with van der Waals surface area (Å²) in [5.41, 5.74) is 16.1. The van der Waals surface area contributed by atoms with Crippen LogP contribution >= 0.6 is 46.4 Å². The predicted molar refractivity (Wildman–Crippen MR) is 470 cm³/mol. The largest absolute Gasteiger partial charge is 0.463 e. The molecule has 8 aromatic carbocycles. The van der Waals surface area contributed by atoms with E-state index in [4.69, 9.17) is 60.8 Å². The Morgan fingerprint density at radius 3 is 1.24 bits per heavy atom. The molecule has 30 heteroatoms. The lowest BCUT2D eigenvalue weighted by atomic mass is 10.1. The van der Waals surface area contributed by atoms with Crippen LogP contribution in [0.2, 0.25) is 20.1 Å². The van der Waals surface area contributed by atoms with Crippen LogP contribution in [-0.4, -0.2) is 82.7 Å². The number of fused-ring (bicyclic) bond motifs is 5. The third-order valence-corrected chi connectivity index (χ3v) is 19.5. The number of aromatic nitrogens is 16. The Labute approximate surface area is 703 Å². The van der Waals surface area contributed by atoms with Crippen molar-refractivity contribution in [2.75, 3.05) is 31.9 Å². The first kappa shape index (κ1) is 78.7. The lowest BCUT2D eigenvalue weighted by Crippen LogP contribution is -2.05. The fraction of sp³-hybridized carbons (Fsp3) is 0.0222. The van der Waals surface area contributed by atoms with Gasteiger partial charge in [-0.1, -0.05) is 168 Å². The van der Waals surface area contributed by atoms with E-state index < -0.39 is 11.6 Å². The molecule has 12 aromatic heterocycles. The van der Waals surface area contributed by atoms with Crippen molar-refractivity contribution in [2.45, 2.75) is 13.8 Å². The van der Waals surface area contributed by atoms with Gasteiger partial charge < -0.3 is 36.3 Å². The van der Waals surface area contributed by atoms with Gasteiger partial charge in [0.1, 0.15) is 63.4 Å². The van der Waals surface area contributed by atoms with Gasteiger partial charge in [-0.2, -0.15) is 0 Å². The average molecular weight is 1670 g/mol. The summed E-state index contributed by atoms with van der Waals surface area (Å²) in [5, 5.41) is 21.8. The topological polar surface area (TPSA) is 266 Å². The maximum Gasteiger partial charge on any atom is 0.221 e. The minimum Gasteiger partial charge on any atom is -0.463 e. The van der Waals surface area contributed by atoms with Crippen molar-refractivity contribution in [2.24, 2.45) is 0 Å². The number of hydrogen-bond acceptors (Lipinski definition) is 18. The van der Waals surface area contributed by atoms with Crippen molar-refractivity contribution in [3.05, 3.63) is 367 Å². The number of carbonyl (C=O) groups is 1. The molecule has 6 N–H and O–H groups in total. The molecule has 0 saturated carbocycles. The molecule has 0 spiro atoms. The molecule has 0 radical (unpaired) electrons. The van der Waals surface area contributed by atoms with Gasteiger partial charge >= 0.3 is 0 Å². The first-order valence-electron chi connectivity index (χ1n) is 37.1. The van der Waals surface area contributed by atoms with Crippen LogP contribution in [0.25, 0.3) is 84.7 Å². The fourth-order valence-electron chi connectivity index (χ4n) is 12.8. The second-order valence-electron chi connectivity index (χ2n) is 26.4. The van der Waals surface area contributed by atoms with E-state index in [1.165, 1.54) is 13.0 Å². The van der Waals surface area contributed by atoms with Crippen LogP contribution in [0.3, 0.4) is 0 Å². The van der Waals surface area contributed by atoms with Crippen molar-refractivity contribution < 1.29 is 18.0 Å². The van der Waals surface area contributed by atoms with Gasteiger partial charge in [0.05, 0.1) is 46.8 Å². The first-order valence-corrected chi connectivity index (χ1v) is 38.6. The zero-order valence-electron chi connectivity index (χ0n) is 63.4. The number of imidazole rings is 5. The Bertz CT molecular complexity index is 6790. The molecule has 0 saturated heterocycles. The van der Waals surface area contributed by atoms with Gasteiger partial charge in [0.2, 0.25) is 5.91 Å². The highest BCUT2D eigenvalue weighted by Gasteiger charge is 2.22. The van der Waals surface area contributed by atoms with Gasteiger partial charge in [0.25, 0.3) is 0 Å². The smallest absolute Gasteiger partial charge is 0.221 e. The van der Waals surface area contributed by atoms with E-state index in [9.17, 15) is 13.6 Å². The lowest BCUT2D eigenvalue weighted by Gasteiger charge is -2.10. The monoisotopic (exact) mass is 1660 g/mol. The lowest BCUT2D eigenvalue weighted by molar-refractivity contribution is -0.114. The zero-order chi connectivity index (χ0) is 82.4. The molecule has 24 nitrogen and oxygen atoms in total. The number of rotatable bonds is 16. The van der Waals surface area contributed by atoms with E-state index in [1.807, 2.05) is 254 Å². The Hall–Kier alpha value is -15.2. The van der Waals surface area contributed by atoms with Crippen molar-refractivity contribution in [1.29, 1.82) is 0 Å². The standard InChI is InChI=1S/C21H18ClN5O.C18H12Cl2N4.C18H12F2N4.C17H13N5.C16H11ClN4O/c1-13-20-26-19(15-6-8-17(9-7-15)24-14(2)28)21(27(20)11-10-23-13)25-18-5-3-4-16(22)12-18;2*19-14-7-6-13(10-15(14)20)22-18-17(12-4-2-1-3-5-12)23-16-11-21-8-9-24(16)18;1-2-6-13(7-3-1)16-17(20-14-8-4-5-9-19-14)22-11-10-18-12-15(22)21-16;17-11-3-1-4-12(9-11)19-16-15(13-5-2-8-22-13)20-14-10-18-6-7-21(14)16/h3-12,25H,1-2H3,(H,24,28);2*1-11,22H;1-12H,(H,19,20);1-10,19H. The minimum atomic E-state index is -0.906. The van der Waals surface area contributed by atoms with E-state index in [0.29, 0.717) is 48.7 Å². The molecule has 0 unspecified atom stereocenters. The van der Waals surface area contributed by atoms with E-state index in [0.717, 1.165) is 137 Å². The average Bonchev–Trinajstić information content (AvgIpc) is 1.60. The van der Waals surface area contributed by atoms with Crippen molar-refractivity contribution in [3.8, 4) is 56.5 Å². The molecule has 0 aliphatic carbocycles. The third-order valence-electron chi connectivity index (χ3n) is 18.3.